The van der Waals surface area contributed by atoms with Gasteiger partial charge < -0.3 is 10.3 Å². The summed E-state index contributed by atoms with van der Waals surface area (Å²) >= 11 is 1.67. The molecular weight excluding hydrogens is 456 g/mol. The minimum Gasteiger partial charge on any atom is -0.352 e. The number of amides is 1. The molecule has 3 N–H and O–H groups in total. The van der Waals surface area contributed by atoms with Gasteiger partial charge in [-0.2, -0.15) is 16.4 Å². The molecule has 1 aliphatic carbocycles. The summed E-state index contributed by atoms with van der Waals surface area (Å²) in [4.78, 5) is 24.5. The van der Waals surface area contributed by atoms with E-state index in [1.807, 2.05) is 36.8 Å². The molecule has 0 unspecified atom stereocenters. The number of benzene rings is 1. The molecule has 1 amide bonds. The van der Waals surface area contributed by atoms with Crippen LogP contribution in [0.4, 0.5) is 5.69 Å². The lowest BCUT2D eigenvalue weighted by Gasteiger charge is -2.07. The Hall–Kier alpha value is -4.30. The van der Waals surface area contributed by atoms with Crippen LogP contribution in [0.5, 0.6) is 0 Å². The van der Waals surface area contributed by atoms with Gasteiger partial charge in [-0.05, 0) is 65.1 Å². The molecule has 8 heteroatoms. The van der Waals surface area contributed by atoms with Gasteiger partial charge in [0, 0.05) is 40.2 Å². The summed E-state index contributed by atoms with van der Waals surface area (Å²) < 4.78 is 0. The number of hydrogen-bond acceptors (Lipinski definition) is 5. The first kappa shape index (κ1) is 20.1. The Kier molecular flexibility index (Phi) is 4.53. The van der Waals surface area contributed by atoms with Crippen molar-refractivity contribution in [3.05, 3.63) is 71.9 Å². The highest BCUT2D eigenvalue weighted by Crippen LogP contribution is 2.36. The van der Waals surface area contributed by atoms with Crippen LogP contribution in [0.15, 0.2) is 71.9 Å². The SMILES string of the molecule is O=C(Nc1cncc(-c2ccc3[nH]nc(-c4cc5c(-c6ccsc6)cncc5[nH]4)c3c2)c1)C1CC1. The van der Waals surface area contributed by atoms with E-state index in [2.05, 4.69) is 59.4 Å². The Morgan fingerprint density at radius 3 is 2.69 bits per heavy atom. The number of hydrogen-bond donors (Lipinski definition) is 3. The van der Waals surface area contributed by atoms with Gasteiger partial charge in [0.05, 0.1) is 34.8 Å². The molecular formula is C27H20N6OS. The highest BCUT2D eigenvalue weighted by molar-refractivity contribution is 7.08. The van der Waals surface area contributed by atoms with E-state index in [-0.39, 0.29) is 11.8 Å². The van der Waals surface area contributed by atoms with E-state index < -0.39 is 0 Å². The lowest BCUT2D eigenvalue weighted by atomic mass is 10.0. The molecule has 0 atom stereocenters. The van der Waals surface area contributed by atoms with Crippen molar-refractivity contribution in [2.24, 2.45) is 5.92 Å². The van der Waals surface area contributed by atoms with Gasteiger partial charge in [0.15, 0.2) is 0 Å². The summed E-state index contributed by atoms with van der Waals surface area (Å²) in [6.07, 6.45) is 9.20. The van der Waals surface area contributed by atoms with Gasteiger partial charge in [-0.15, -0.1) is 0 Å². The van der Waals surface area contributed by atoms with Crippen molar-refractivity contribution < 1.29 is 4.79 Å². The Bertz CT molecular complexity index is 1710. The van der Waals surface area contributed by atoms with Gasteiger partial charge in [-0.1, -0.05) is 6.07 Å². The van der Waals surface area contributed by atoms with E-state index in [9.17, 15) is 4.79 Å². The van der Waals surface area contributed by atoms with Crippen LogP contribution in [0.25, 0.3) is 55.4 Å². The normalized spacial score (nSPS) is 13.5. The molecule has 1 aromatic carbocycles. The van der Waals surface area contributed by atoms with Crippen molar-refractivity contribution in [3.63, 3.8) is 0 Å². The fourth-order valence-electron chi connectivity index (χ4n) is 4.48. The molecule has 5 aromatic heterocycles. The fraction of sp³-hybridized carbons (Fsp3) is 0.111. The van der Waals surface area contributed by atoms with Crippen molar-refractivity contribution in [2.45, 2.75) is 12.8 Å². The van der Waals surface area contributed by atoms with Crippen molar-refractivity contribution >= 4 is 44.7 Å². The Balaban J connectivity index is 1.29. The molecule has 1 fully saturated rings. The predicted molar refractivity (Wildman–Crippen MR) is 139 cm³/mol. The highest BCUT2D eigenvalue weighted by Gasteiger charge is 2.29. The zero-order chi connectivity index (χ0) is 23.4. The average molecular weight is 477 g/mol. The fourth-order valence-corrected chi connectivity index (χ4v) is 5.14. The van der Waals surface area contributed by atoms with Crippen LogP contribution in [-0.4, -0.2) is 31.1 Å². The molecule has 7 nitrogen and oxygen atoms in total. The van der Waals surface area contributed by atoms with E-state index >= 15 is 0 Å². The van der Waals surface area contributed by atoms with Gasteiger partial charge in [0.2, 0.25) is 5.91 Å². The van der Waals surface area contributed by atoms with Gasteiger partial charge in [-0.3, -0.25) is 19.9 Å². The van der Waals surface area contributed by atoms with Crippen molar-refractivity contribution in [1.29, 1.82) is 0 Å². The lowest BCUT2D eigenvalue weighted by molar-refractivity contribution is -0.117. The first-order valence-corrected chi connectivity index (χ1v) is 12.4. The van der Waals surface area contributed by atoms with E-state index in [0.717, 1.165) is 74.0 Å². The minimum atomic E-state index is 0.0756. The first-order chi connectivity index (χ1) is 17.2. The van der Waals surface area contributed by atoms with E-state index in [1.165, 1.54) is 0 Å². The van der Waals surface area contributed by atoms with Gasteiger partial charge in [0.25, 0.3) is 0 Å². The second-order valence-electron chi connectivity index (χ2n) is 8.90. The lowest BCUT2D eigenvalue weighted by Crippen LogP contribution is -2.13. The molecule has 6 aromatic rings. The molecule has 5 heterocycles. The Morgan fingerprint density at radius 1 is 0.914 bits per heavy atom. The third-order valence-electron chi connectivity index (χ3n) is 6.48. The monoisotopic (exact) mass is 476 g/mol. The van der Waals surface area contributed by atoms with Gasteiger partial charge >= 0.3 is 0 Å². The third kappa shape index (κ3) is 3.59. The molecule has 0 radical (unpaired) electrons. The van der Waals surface area contributed by atoms with Crippen molar-refractivity contribution in [1.82, 2.24) is 25.1 Å². The van der Waals surface area contributed by atoms with E-state index in [4.69, 9.17) is 0 Å². The Morgan fingerprint density at radius 2 is 1.83 bits per heavy atom. The van der Waals surface area contributed by atoms with Gasteiger partial charge in [0.1, 0.15) is 5.69 Å². The molecule has 7 rings (SSSR count). The zero-order valence-electron chi connectivity index (χ0n) is 18.6. The maximum Gasteiger partial charge on any atom is 0.227 e. The quantitative estimate of drug-likeness (QED) is 0.274. The largest absolute Gasteiger partial charge is 0.352 e. The number of fused-ring (bicyclic) bond motifs is 2. The number of carbonyl (C=O) groups is 1. The number of anilines is 1. The number of nitrogens with one attached hydrogen (secondary N) is 3. The van der Waals surface area contributed by atoms with Crippen LogP contribution in [0, 0.1) is 5.92 Å². The number of carbonyl (C=O) groups excluding carboxylic acids is 1. The van der Waals surface area contributed by atoms with Crippen molar-refractivity contribution in [3.8, 4) is 33.6 Å². The van der Waals surface area contributed by atoms with E-state index in [1.54, 1.807) is 17.5 Å². The summed E-state index contributed by atoms with van der Waals surface area (Å²) in [5.41, 5.74) is 8.62. The minimum absolute atomic E-state index is 0.0756. The van der Waals surface area contributed by atoms with Crippen LogP contribution in [-0.2, 0) is 4.79 Å². The molecule has 0 bridgehead atoms. The van der Waals surface area contributed by atoms with Crippen LogP contribution in [0.3, 0.4) is 0 Å². The predicted octanol–water partition coefficient (Wildman–Crippen LogP) is 6.25. The third-order valence-corrected chi connectivity index (χ3v) is 7.17. The summed E-state index contributed by atoms with van der Waals surface area (Å²) in [7, 11) is 0. The summed E-state index contributed by atoms with van der Waals surface area (Å²) in [5.74, 6) is 0.224. The molecule has 0 aliphatic heterocycles. The molecule has 1 aliphatic rings. The van der Waals surface area contributed by atoms with Gasteiger partial charge in [-0.25, -0.2) is 0 Å². The number of H-pyrrole nitrogens is 2. The number of thiophene rings is 1. The number of aromatic amines is 2. The first-order valence-electron chi connectivity index (χ1n) is 11.5. The number of pyridine rings is 2. The van der Waals surface area contributed by atoms with Crippen LogP contribution in [0.1, 0.15) is 12.8 Å². The Labute approximate surface area is 204 Å². The summed E-state index contributed by atoms with van der Waals surface area (Å²) in [6.45, 7) is 0. The van der Waals surface area contributed by atoms with Crippen LogP contribution < -0.4 is 5.32 Å². The van der Waals surface area contributed by atoms with E-state index in [0.29, 0.717) is 0 Å². The second-order valence-corrected chi connectivity index (χ2v) is 9.68. The average Bonchev–Trinajstić information content (AvgIpc) is 3.26. The zero-order valence-corrected chi connectivity index (χ0v) is 19.4. The molecule has 0 spiro atoms. The second kappa shape index (κ2) is 7.89. The summed E-state index contributed by atoms with van der Waals surface area (Å²) in [5, 5.41) is 17.1. The maximum atomic E-state index is 12.2. The standard InChI is InChI=1S/C27H20N6OS/c34-27(15-1-2-15)30-19-7-18(10-28-11-19)16-3-4-23-21(8-16)26(33-32-23)24-9-20-22(17-5-6-35-14-17)12-29-13-25(20)31-24/h3-15,31H,1-2H2,(H,30,34)(H,32,33). The smallest absolute Gasteiger partial charge is 0.227 e. The van der Waals surface area contributed by atoms with Crippen LogP contribution in [0.2, 0.25) is 0 Å². The number of rotatable bonds is 5. The number of aromatic nitrogens is 5. The number of nitrogens with zero attached hydrogens (tertiary/aromatic N) is 3. The molecule has 170 valence electrons. The molecule has 0 saturated heterocycles. The molecule has 1 saturated carbocycles. The molecule has 35 heavy (non-hydrogen) atoms. The maximum absolute atomic E-state index is 12.2. The topological polar surface area (TPSA) is 99.3 Å². The van der Waals surface area contributed by atoms with Crippen LogP contribution >= 0.6 is 11.3 Å². The van der Waals surface area contributed by atoms with Crippen molar-refractivity contribution in [2.75, 3.05) is 5.32 Å². The summed E-state index contributed by atoms with van der Waals surface area (Å²) in [6, 6.07) is 12.4. The highest BCUT2D eigenvalue weighted by atomic mass is 32.1.